The number of ether oxygens (including phenoxy) is 2. The van der Waals surface area contributed by atoms with E-state index < -0.39 is 0 Å². The second-order valence-corrected chi connectivity index (χ2v) is 11.0. The molecule has 2 N–H and O–H groups in total. The van der Waals surface area contributed by atoms with Gasteiger partial charge in [0.2, 0.25) is 0 Å². The van der Waals surface area contributed by atoms with Gasteiger partial charge in [-0.2, -0.15) is 0 Å². The van der Waals surface area contributed by atoms with Gasteiger partial charge in [0.1, 0.15) is 5.65 Å². The molecule has 2 amide bonds. The van der Waals surface area contributed by atoms with Crippen LogP contribution in [0.4, 0.5) is 4.79 Å². The molecular weight excluding hydrogens is 480 g/mol. The summed E-state index contributed by atoms with van der Waals surface area (Å²) < 4.78 is 11.2. The summed E-state index contributed by atoms with van der Waals surface area (Å²) >= 11 is 0. The number of amides is 2. The number of fused-ring (bicyclic) bond motifs is 2. The number of carbonyl (C=O) groups is 1. The lowest BCUT2D eigenvalue weighted by Crippen LogP contribution is -2.59. The summed E-state index contributed by atoms with van der Waals surface area (Å²) in [7, 11) is 0. The third-order valence-electron chi connectivity index (χ3n) is 8.74. The second kappa shape index (κ2) is 9.96. The van der Waals surface area contributed by atoms with Crippen LogP contribution in [0.1, 0.15) is 28.3 Å². The molecule has 1 atom stereocenters. The van der Waals surface area contributed by atoms with E-state index in [9.17, 15) is 4.79 Å². The Hall–Kier alpha value is -2.98. The summed E-state index contributed by atoms with van der Waals surface area (Å²) in [6.07, 6.45) is 4.83. The molecule has 9 heteroatoms. The number of aryl methyl sites for hydroxylation is 1. The number of morpholine rings is 1. The Morgan fingerprint density at radius 3 is 2.63 bits per heavy atom. The fourth-order valence-corrected chi connectivity index (χ4v) is 6.31. The fraction of sp³-hybridized carbons (Fsp3) is 0.517. The van der Waals surface area contributed by atoms with E-state index in [4.69, 9.17) is 9.47 Å². The predicted molar refractivity (Wildman–Crippen MR) is 145 cm³/mol. The first-order chi connectivity index (χ1) is 18.6. The normalized spacial score (nSPS) is 22.9. The maximum absolute atomic E-state index is 13.6. The highest BCUT2D eigenvalue weighted by atomic mass is 16.5. The Morgan fingerprint density at radius 1 is 1.00 bits per heavy atom. The molecule has 0 saturated carbocycles. The molecule has 1 aromatic carbocycles. The lowest BCUT2D eigenvalue weighted by molar-refractivity contribution is -0.0747. The second-order valence-electron chi connectivity index (χ2n) is 11.0. The van der Waals surface area contributed by atoms with Crippen molar-refractivity contribution in [2.75, 3.05) is 65.7 Å². The molecule has 0 spiro atoms. The lowest BCUT2D eigenvalue weighted by Gasteiger charge is -2.44. The van der Waals surface area contributed by atoms with Crippen molar-refractivity contribution in [3.05, 3.63) is 52.8 Å². The summed E-state index contributed by atoms with van der Waals surface area (Å²) in [4.78, 5) is 28.1. The van der Waals surface area contributed by atoms with Crippen molar-refractivity contribution in [3.8, 4) is 11.1 Å². The van der Waals surface area contributed by atoms with Gasteiger partial charge in [0.05, 0.1) is 38.5 Å². The molecule has 4 aliphatic rings. The van der Waals surface area contributed by atoms with Gasteiger partial charge in [0, 0.05) is 69.2 Å². The fourth-order valence-electron chi connectivity index (χ4n) is 6.31. The van der Waals surface area contributed by atoms with Crippen molar-refractivity contribution < 1.29 is 14.3 Å². The van der Waals surface area contributed by atoms with E-state index >= 15 is 0 Å². The van der Waals surface area contributed by atoms with Crippen molar-refractivity contribution >= 4 is 17.1 Å². The van der Waals surface area contributed by atoms with Crippen molar-refractivity contribution in [2.45, 2.75) is 32.0 Å². The zero-order chi connectivity index (χ0) is 25.6. The molecule has 0 radical (unpaired) electrons. The molecule has 9 nitrogen and oxygen atoms in total. The van der Waals surface area contributed by atoms with E-state index in [0.717, 1.165) is 82.1 Å². The molecule has 0 unspecified atom stereocenters. The zero-order valence-corrected chi connectivity index (χ0v) is 22.0. The summed E-state index contributed by atoms with van der Waals surface area (Å²) in [5, 5.41) is 4.81. The van der Waals surface area contributed by atoms with Crippen molar-refractivity contribution in [2.24, 2.45) is 0 Å². The van der Waals surface area contributed by atoms with Crippen LogP contribution in [0, 0.1) is 6.92 Å². The molecule has 3 aromatic rings. The van der Waals surface area contributed by atoms with E-state index in [1.54, 1.807) is 0 Å². The first-order valence-electron chi connectivity index (χ1n) is 13.9. The molecule has 2 aromatic heterocycles. The highest BCUT2D eigenvalue weighted by Gasteiger charge is 2.33. The monoisotopic (exact) mass is 516 g/mol. The maximum Gasteiger partial charge on any atom is 0.320 e. The van der Waals surface area contributed by atoms with Gasteiger partial charge in [-0.15, -0.1) is 0 Å². The summed E-state index contributed by atoms with van der Waals surface area (Å²) in [6.45, 7) is 10.8. The van der Waals surface area contributed by atoms with Crippen LogP contribution in [-0.2, 0) is 22.4 Å². The SMILES string of the molecule is Cc1c[nH]c2ncc(-c3cc4c(c([C@@H]5COCCN5)c3)CN(C(=O)N3CCN(C5COC5)CC3)CC4)cc12. The summed E-state index contributed by atoms with van der Waals surface area (Å²) in [5.74, 6) is 0. The number of rotatable bonds is 3. The number of aromatic amines is 1. The van der Waals surface area contributed by atoms with Gasteiger partial charge in [-0.1, -0.05) is 6.07 Å². The van der Waals surface area contributed by atoms with Gasteiger partial charge in [-0.05, 0) is 53.3 Å². The number of hydrogen-bond donors (Lipinski definition) is 2. The van der Waals surface area contributed by atoms with E-state index in [0.29, 0.717) is 19.2 Å². The molecule has 3 fully saturated rings. The summed E-state index contributed by atoms with van der Waals surface area (Å²) in [5.41, 5.74) is 8.26. The standard InChI is InChI=1S/C29H36N6O3/c1-19-13-31-28-24(19)12-22(14-32-28)21-10-20-2-4-35(15-26(20)25(11-21)27-18-37-9-3-30-27)29(36)34-7-5-33(6-8-34)23-16-38-17-23/h10-14,23,27,30H,2-9,15-18H2,1H3,(H,31,32)/t27-/m0/s1. The third-order valence-corrected chi connectivity index (χ3v) is 8.74. The van der Waals surface area contributed by atoms with Gasteiger partial charge >= 0.3 is 6.03 Å². The molecule has 7 rings (SSSR count). The minimum atomic E-state index is 0.117. The number of carbonyl (C=O) groups excluding carboxylic acids is 1. The average Bonchev–Trinajstić information content (AvgIpc) is 3.31. The molecule has 0 aliphatic carbocycles. The first kappa shape index (κ1) is 24.1. The number of pyridine rings is 1. The number of benzene rings is 1. The molecule has 3 saturated heterocycles. The quantitative estimate of drug-likeness (QED) is 0.557. The Kier molecular flexibility index (Phi) is 6.31. The van der Waals surface area contributed by atoms with Crippen LogP contribution in [-0.4, -0.2) is 102 Å². The number of H-pyrrole nitrogens is 1. The van der Waals surface area contributed by atoms with E-state index in [1.807, 2.05) is 22.2 Å². The molecule has 6 heterocycles. The molecule has 38 heavy (non-hydrogen) atoms. The first-order valence-corrected chi connectivity index (χ1v) is 13.9. The average molecular weight is 517 g/mol. The zero-order valence-electron chi connectivity index (χ0n) is 22.0. The van der Waals surface area contributed by atoms with Crippen molar-refractivity contribution in [1.29, 1.82) is 0 Å². The van der Waals surface area contributed by atoms with Gasteiger partial charge in [0.15, 0.2) is 0 Å². The van der Waals surface area contributed by atoms with Crippen molar-refractivity contribution in [3.63, 3.8) is 0 Å². The summed E-state index contributed by atoms with van der Waals surface area (Å²) in [6, 6.07) is 7.66. The molecule has 200 valence electrons. The van der Waals surface area contributed by atoms with Crippen LogP contribution in [0.25, 0.3) is 22.2 Å². The number of nitrogens with one attached hydrogen (secondary N) is 2. The maximum atomic E-state index is 13.6. The molecule has 0 bridgehead atoms. The Morgan fingerprint density at radius 2 is 1.87 bits per heavy atom. The van der Waals surface area contributed by atoms with Crippen LogP contribution in [0.3, 0.4) is 0 Å². The molecular formula is C29H36N6O3. The van der Waals surface area contributed by atoms with Crippen LogP contribution < -0.4 is 5.32 Å². The highest BCUT2D eigenvalue weighted by Crippen LogP contribution is 2.35. The van der Waals surface area contributed by atoms with Crippen molar-refractivity contribution in [1.82, 2.24) is 30.0 Å². The topological polar surface area (TPSA) is 86.0 Å². The van der Waals surface area contributed by atoms with Gasteiger partial charge < -0.3 is 29.6 Å². The Labute approximate surface area is 223 Å². The van der Waals surface area contributed by atoms with Crippen LogP contribution in [0.2, 0.25) is 0 Å². The van der Waals surface area contributed by atoms with Gasteiger partial charge in [-0.25, -0.2) is 9.78 Å². The lowest BCUT2D eigenvalue weighted by atomic mass is 9.87. The van der Waals surface area contributed by atoms with Gasteiger partial charge in [0.25, 0.3) is 0 Å². The Balaban J connectivity index is 1.16. The number of aromatic nitrogens is 2. The molecule has 4 aliphatic heterocycles. The van der Waals surface area contributed by atoms with E-state index in [2.05, 4.69) is 45.3 Å². The van der Waals surface area contributed by atoms with Crippen LogP contribution in [0.5, 0.6) is 0 Å². The van der Waals surface area contributed by atoms with Crippen LogP contribution >= 0.6 is 0 Å². The number of nitrogens with zero attached hydrogens (tertiary/aromatic N) is 4. The predicted octanol–water partition coefficient (Wildman–Crippen LogP) is 2.69. The van der Waals surface area contributed by atoms with E-state index in [1.165, 1.54) is 27.8 Å². The largest absolute Gasteiger partial charge is 0.378 e. The van der Waals surface area contributed by atoms with Gasteiger partial charge in [-0.3, -0.25) is 4.90 Å². The van der Waals surface area contributed by atoms with E-state index in [-0.39, 0.29) is 12.1 Å². The number of piperazine rings is 1. The van der Waals surface area contributed by atoms with Crippen LogP contribution in [0.15, 0.2) is 30.6 Å². The third kappa shape index (κ3) is 4.37. The number of hydrogen-bond acceptors (Lipinski definition) is 6. The highest BCUT2D eigenvalue weighted by molar-refractivity contribution is 5.84. The number of urea groups is 1. The Bertz CT molecular complexity index is 1340. The minimum absolute atomic E-state index is 0.117. The smallest absolute Gasteiger partial charge is 0.320 e. The minimum Gasteiger partial charge on any atom is -0.378 e.